The van der Waals surface area contributed by atoms with E-state index in [1.165, 1.54) is 6.21 Å². The normalized spacial score (nSPS) is 11.0. The van der Waals surface area contributed by atoms with Crippen LogP contribution in [0.5, 0.6) is 23.0 Å². The van der Waals surface area contributed by atoms with Crippen molar-refractivity contribution >= 4 is 52.1 Å². The van der Waals surface area contributed by atoms with Gasteiger partial charge in [0.2, 0.25) is 0 Å². The molecule has 0 saturated heterocycles. The van der Waals surface area contributed by atoms with E-state index in [0.717, 1.165) is 10.8 Å². The fourth-order valence-corrected chi connectivity index (χ4v) is 4.25. The topological polar surface area (TPSA) is 95.5 Å². The van der Waals surface area contributed by atoms with Crippen molar-refractivity contribution in [1.29, 1.82) is 0 Å². The lowest BCUT2D eigenvalue weighted by Crippen LogP contribution is -2.40. The SMILES string of the molecule is COc1ccc(C(=O)Oc2ccc3ccccc3c2C=NNC(=O)C(Oc2ccc(Cl)cc2)Oc2ccc(Cl)cc2)cc1. The van der Waals surface area contributed by atoms with Crippen LogP contribution in [0.1, 0.15) is 15.9 Å². The number of nitrogens with one attached hydrogen (secondary N) is 1. The highest BCUT2D eigenvalue weighted by Gasteiger charge is 2.23. The molecule has 0 atom stereocenters. The zero-order chi connectivity index (χ0) is 30.2. The van der Waals surface area contributed by atoms with Crippen molar-refractivity contribution in [2.45, 2.75) is 6.29 Å². The molecule has 1 amide bonds. The maximum atomic E-state index is 13.2. The van der Waals surface area contributed by atoms with E-state index >= 15 is 0 Å². The van der Waals surface area contributed by atoms with E-state index in [-0.39, 0.29) is 5.75 Å². The largest absolute Gasteiger partial charge is 0.497 e. The Bertz CT molecular complexity index is 1710. The number of esters is 1. The predicted molar refractivity (Wildman–Crippen MR) is 166 cm³/mol. The minimum atomic E-state index is -1.42. The number of benzene rings is 5. The van der Waals surface area contributed by atoms with Crippen LogP contribution in [0.25, 0.3) is 10.8 Å². The molecular formula is C33H24Cl2N2O6. The van der Waals surface area contributed by atoms with E-state index < -0.39 is 18.2 Å². The van der Waals surface area contributed by atoms with Crippen molar-refractivity contribution in [3.05, 3.63) is 130 Å². The van der Waals surface area contributed by atoms with Crippen LogP contribution < -0.4 is 24.4 Å². The Hall–Kier alpha value is -5.05. The average molecular weight is 615 g/mol. The van der Waals surface area contributed by atoms with E-state index in [2.05, 4.69) is 10.5 Å². The molecule has 43 heavy (non-hydrogen) atoms. The quantitative estimate of drug-likeness (QED) is 0.0582. The summed E-state index contributed by atoms with van der Waals surface area (Å²) in [5.74, 6) is 0.309. The number of nitrogens with zero attached hydrogens (tertiary/aromatic N) is 1. The van der Waals surface area contributed by atoms with Crippen molar-refractivity contribution in [2.24, 2.45) is 5.10 Å². The molecule has 0 aromatic heterocycles. The molecule has 1 N–H and O–H groups in total. The fraction of sp³-hybridized carbons (Fsp3) is 0.0606. The lowest BCUT2D eigenvalue weighted by Gasteiger charge is -2.19. The van der Waals surface area contributed by atoms with Crippen LogP contribution in [0.3, 0.4) is 0 Å². The van der Waals surface area contributed by atoms with Gasteiger partial charge in [0.15, 0.2) is 0 Å². The minimum Gasteiger partial charge on any atom is -0.497 e. The first-order valence-electron chi connectivity index (χ1n) is 12.9. The number of rotatable bonds is 10. The van der Waals surface area contributed by atoms with Gasteiger partial charge in [0.1, 0.15) is 23.0 Å². The summed E-state index contributed by atoms with van der Waals surface area (Å²) in [5.41, 5.74) is 3.28. The van der Waals surface area contributed by atoms with Crippen LogP contribution in [0.4, 0.5) is 0 Å². The summed E-state index contributed by atoms with van der Waals surface area (Å²) in [6.07, 6.45) is -0.0159. The molecule has 0 aliphatic rings. The Morgan fingerprint density at radius 3 is 1.93 bits per heavy atom. The van der Waals surface area contributed by atoms with Crippen LogP contribution in [-0.4, -0.2) is 31.5 Å². The third-order valence-electron chi connectivity index (χ3n) is 6.16. The highest BCUT2D eigenvalue weighted by atomic mass is 35.5. The van der Waals surface area contributed by atoms with Gasteiger partial charge < -0.3 is 18.9 Å². The summed E-state index contributed by atoms with van der Waals surface area (Å²) in [6, 6.07) is 30.5. The van der Waals surface area contributed by atoms with Crippen LogP contribution >= 0.6 is 23.2 Å². The lowest BCUT2D eigenvalue weighted by molar-refractivity contribution is -0.140. The number of halogens is 2. The first kappa shape index (κ1) is 29.4. The number of methoxy groups -OCH3 is 1. The summed E-state index contributed by atoms with van der Waals surface area (Å²) in [5, 5.41) is 6.81. The summed E-state index contributed by atoms with van der Waals surface area (Å²) in [7, 11) is 1.54. The van der Waals surface area contributed by atoms with E-state index in [1.807, 2.05) is 30.3 Å². The third-order valence-corrected chi connectivity index (χ3v) is 6.66. The average Bonchev–Trinajstić information content (AvgIpc) is 3.03. The van der Waals surface area contributed by atoms with Gasteiger partial charge in [-0.15, -0.1) is 0 Å². The summed E-state index contributed by atoms with van der Waals surface area (Å²) < 4.78 is 22.5. The predicted octanol–water partition coefficient (Wildman–Crippen LogP) is 7.31. The van der Waals surface area contributed by atoms with Gasteiger partial charge in [-0.3, -0.25) is 4.79 Å². The molecule has 0 saturated carbocycles. The van der Waals surface area contributed by atoms with Gasteiger partial charge in [0.25, 0.3) is 0 Å². The van der Waals surface area contributed by atoms with Gasteiger partial charge in [0.05, 0.1) is 18.9 Å². The molecule has 0 spiro atoms. The van der Waals surface area contributed by atoms with Crippen molar-refractivity contribution in [3.63, 3.8) is 0 Å². The van der Waals surface area contributed by atoms with Gasteiger partial charge in [-0.2, -0.15) is 5.10 Å². The van der Waals surface area contributed by atoms with Gasteiger partial charge in [-0.25, -0.2) is 10.2 Å². The van der Waals surface area contributed by atoms with Crippen LogP contribution in [-0.2, 0) is 4.79 Å². The fourth-order valence-electron chi connectivity index (χ4n) is 4.00. The van der Waals surface area contributed by atoms with Crippen molar-refractivity contribution in [3.8, 4) is 23.0 Å². The van der Waals surface area contributed by atoms with Gasteiger partial charge in [-0.05, 0) is 89.6 Å². The van der Waals surface area contributed by atoms with Crippen molar-refractivity contribution in [1.82, 2.24) is 5.43 Å². The molecule has 0 aliphatic carbocycles. The Labute approximate surface area is 257 Å². The number of fused-ring (bicyclic) bond motifs is 1. The maximum absolute atomic E-state index is 13.2. The Balaban J connectivity index is 1.38. The third kappa shape index (κ3) is 7.62. The number of amides is 1. The molecule has 0 radical (unpaired) electrons. The lowest BCUT2D eigenvalue weighted by atomic mass is 10.0. The monoisotopic (exact) mass is 614 g/mol. The first-order valence-corrected chi connectivity index (χ1v) is 13.7. The van der Waals surface area contributed by atoms with E-state index in [4.69, 9.17) is 42.1 Å². The molecule has 0 heterocycles. The molecular weight excluding hydrogens is 591 g/mol. The summed E-state index contributed by atoms with van der Waals surface area (Å²) >= 11 is 12.0. The number of hydrazone groups is 1. The molecule has 5 aromatic carbocycles. The van der Waals surface area contributed by atoms with Crippen LogP contribution in [0, 0.1) is 0 Å². The Morgan fingerprint density at radius 1 is 0.744 bits per heavy atom. The Kier molecular flexibility index (Phi) is 9.41. The number of ether oxygens (including phenoxy) is 4. The summed E-state index contributed by atoms with van der Waals surface area (Å²) in [4.78, 5) is 26.2. The zero-order valence-electron chi connectivity index (χ0n) is 22.7. The highest BCUT2D eigenvalue weighted by molar-refractivity contribution is 6.30. The number of carbonyl (C=O) groups excluding carboxylic acids is 2. The van der Waals surface area contributed by atoms with Crippen molar-refractivity contribution in [2.75, 3.05) is 7.11 Å². The van der Waals surface area contributed by atoms with Gasteiger partial charge in [-0.1, -0.05) is 53.5 Å². The molecule has 0 fully saturated rings. The van der Waals surface area contributed by atoms with Gasteiger partial charge in [0, 0.05) is 15.6 Å². The smallest absolute Gasteiger partial charge is 0.343 e. The molecule has 216 valence electrons. The zero-order valence-corrected chi connectivity index (χ0v) is 24.2. The molecule has 10 heteroatoms. The first-order chi connectivity index (χ1) is 20.9. The standard InChI is InChI=1S/C33H24Cl2N2O6/c1-40-25-13-6-22(7-14-25)32(39)43-30-19-8-21-4-2-3-5-28(21)29(30)20-36-37-31(38)33(41-26-15-9-23(34)10-16-26)42-27-17-11-24(35)12-18-27/h2-20,33H,1H3,(H,37,38). The van der Waals surface area contributed by atoms with Gasteiger partial charge >= 0.3 is 18.2 Å². The molecule has 5 aromatic rings. The molecule has 5 rings (SSSR count). The second-order valence-corrected chi connectivity index (χ2v) is 9.90. The van der Waals surface area contributed by atoms with E-state index in [1.54, 1.807) is 86.0 Å². The molecule has 8 nitrogen and oxygen atoms in total. The number of hydrogen-bond donors (Lipinski definition) is 1. The second kappa shape index (κ2) is 13.7. The minimum absolute atomic E-state index is 0.254. The molecule has 0 aliphatic heterocycles. The molecule has 0 unspecified atom stereocenters. The van der Waals surface area contributed by atoms with E-state index in [0.29, 0.717) is 38.4 Å². The maximum Gasteiger partial charge on any atom is 0.343 e. The molecule has 0 bridgehead atoms. The van der Waals surface area contributed by atoms with E-state index in [9.17, 15) is 9.59 Å². The Morgan fingerprint density at radius 2 is 1.33 bits per heavy atom. The van der Waals surface area contributed by atoms with Crippen LogP contribution in [0.15, 0.2) is 114 Å². The van der Waals surface area contributed by atoms with Crippen molar-refractivity contribution < 1.29 is 28.5 Å². The summed E-state index contributed by atoms with van der Waals surface area (Å²) in [6.45, 7) is 0. The number of carbonyl (C=O) groups is 2. The highest BCUT2D eigenvalue weighted by Crippen LogP contribution is 2.28. The number of hydrogen-bond acceptors (Lipinski definition) is 7. The van der Waals surface area contributed by atoms with Crippen LogP contribution in [0.2, 0.25) is 10.0 Å². The second-order valence-electron chi connectivity index (χ2n) is 9.03.